The summed E-state index contributed by atoms with van der Waals surface area (Å²) in [5.41, 5.74) is 8.88. The van der Waals surface area contributed by atoms with Gasteiger partial charge in [0.1, 0.15) is 5.82 Å². The molecule has 2 N–H and O–H groups in total. The molecule has 1 nitrogen and oxygen atoms in total. The molecule has 0 aromatic heterocycles. The van der Waals surface area contributed by atoms with Crippen LogP contribution in [-0.4, -0.2) is 0 Å². The summed E-state index contributed by atoms with van der Waals surface area (Å²) in [6.07, 6.45) is 0. The Morgan fingerprint density at radius 3 is 2.53 bits per heavy atom. The highest BCUT2D eigenvalue weighted by Crippen LogP contribution is 2.26. The summed E-state index contributed by atoms with van der Waals surface area (Å²) < 4.78 is 13.3. The molecule has 2 rings (SSSR count). The minimum atomic E-state index is -0.185. The van der Waals surface area contributed by atoms with Crippen molar-refractivity contribution < 1.29 is 4.39 Å². The van der Waals surface area contributed by atoms with E-state index < -0.39 is 0 Å². The quantitative estimate of drug-likeness (QED) is 0.703. The maximum atomic E-state index is 13.3. The van der Waals surface area contributed by atoms with E-state index in [2.05, 4.69) is 0 Å². The monoisotopic (exact) mass is 201 g/mol. The standard InChI is InChI=1S/C13H12FN/c1-9-12(6-3-7-13(9)14)10-4-2-5-11(15)8-10/h2-8H,15H2,1H3. The van der Waals surface area contributed by atoms with Crippen molar-refractivity contribution in [3.63, 3.8) is 0 Å². The van der Waals surface area contributed by atoms with E-state index >= 15 is 0 Å². The molecule has 2 heteroatoms. The molecule has 0 fully saturated rings. The Kier molecular flexibility index (Phi) is 2.42. The first-order valence-corrected chi connectivity index (χ1v) is 4.79. The number of rotatable bonds is 1. The van der Waals surface area contributed by atoms with Crippen LogP contribution in [0.3, 0.4) is 0 Å². The molecule has 15 heavy (non-hydrogen) atoms. The van der Waals surface area contributed by atoms with Gasteiger partial charge < -0.3 is 5.73 Å². The molecule has 0 bridgehead atoms. The summed E-state index contributed by atoms with van der Waals surface area (Å²) in [4.78, 5) is 0. The summed E-state index contributed by atoms with van der Waals surface area (Å²) >= 11 is 0. The molecule has 2 aromatic carbocycles. The Morgan fingerprint density at radius 2 is 1.80 bits per heavy atom. The lowest BCUT2D eigenvalue weighted by molar-refractivity contribution is 0.619. The second-order valence-electron chi connectivity index (χ2n) is 3.54. The van der Waals surface area contributed by atoms with Crippen LogP contribution in [0.25, 0.3) is 11.1 Å². The van der Waals surface area contributed by atoms with E-state index in [1.165, 1.54) is 6.07 Å². The number of benzene rings is 2. The summed E-state index contributed by atoms with van der Waals surface area (Å²) in [5, 5.41) is 0. The zero-order chi connectivity index (χ0) is 10.8. The maximum absolute atomic E-state index is 13.3. The van der Waals surface area contributed by atoms with Gasteiger partial charge in [0, 0.05) is 5.69 Å². The highest BCUT2D eigenvalue weighted by atomic mass is 19.1. The zero-order valence-corrected chi connectivity index (χ0v) is 8.50. The number of anilines is 1. The number of nitrogens with two attached hydrogens (primary N) is 1. The second-order valence-corrected chi connectivity index (χ2v) is 3.54. The van der Waals surface area contributed by atoms with E-state index in [9.17, 15) is 4.39 Å². The van der Waals surface area contributed by atoms with E-state index in [1.807, 2.05) is 30.3 Å². The van der Waals surface area contributed by atoms with Crippen LogP contribution in [0.1, 0.15) is 5.56 Å². The molecular formula is C13H12FN. The average molecular weight is 201 g/mol. The van der Waals surface area contributed by atoms with Crippen molar-refractivity contribution in [2.75, 3.05) is 5.73 Å². The molecule has 76 valence electrons. The van der Waals surface area contributed by atoms with E-state index in [1.54, 1.807) is 13.0 Å². The molecule has 0 saturated carbocycles. The number of halogens is 1. The Labute approximate surface area is 88.4 Å². The first kappa shape index (κ1) is 9.71. The molecule has 0 aliphatic carbocycles. The van der Waals surface area contributed by atoms with E-state index in [-0.39, 0.29) is 5.82 Å². The SMILES string of the molecule is Cc1c(F)cccc1-c1cccc(N)c1. The lowest BCUT2D eigenvalue weighted by atomic mass is 10.00. The van der Waals surface area contributed by atoms with Crippen LogP contribution in [0.15, 0.2) is 42.5 Å². The van der Waals surface area contributed by atoms with Crippen LogP contribution in [0.5, 0.6) is 0 Å². The van der Waals surface area contributed by atoms with E-state index in [4.69, 9.17) is 5.73 Å². The van der Waals surface area contributed by atoms with Crippen LogP contribution in [0, 0.1) is 12.7 Å². The summed E-state index contributed by atoms with van der Waals surface area (Å²) in [6.45, 7) is 1.77. The molecule has 0 aliphatic heterocycles. The lowest BCUT2D eigenvalue weighted by Crippen LogP contribution is -1.89. The number of hydrogen-bond donors (Lipinski definition) is 1. The molecule has 0 radical (unpaired) electrons. The molecule has 0 heterocycles. The fourth-order valence-electron chi connectivity index (χ4n) is 1.63. The van der Waals surface area contributed by atoms with Crippen LogP contribution >= 0.6 is 0 Å². The van der Waals surface area contributed by atoms with Gasteiger partial charge in [-0.15, -0.1) is 0 Å². The van der Waals surface area contributed by atoms with Gasteiger partial charge in [0.15, 0.2) is 0 Å². The fraction of sp³-hybridized carbons (Fsp3) is 0.0769. The van der Waals surface area contributed by atoms with Gasteiger partial charge in [0.05, 0.1) is 0 Å². The van der Waals surface area contributed by atoms with Gasteiger partial charge in [-0.3, -0.25) is 0 Å². The van der Waals surface area contributed by atoms with E-state index in [0.29, 0.717) is 11.3 Å². The summed E-state index contributed by atoms with van der Waals surface area (Å²) in [6, 6.07) is 12.5. The molecule has 0 atom stereocenters. The fourth-order valence-corrected chi connectivity index (χ4v) is 1.63. The lowest BCUT2D eigenvalue weighted by Gasteiger charge is -2.07. The summed E-state index contributed by atoms with van der Waals surface area (Å²) in [5.74, 6) is -0.185. The molecule has 0 spiro atoms. The van der Waals surface area contributed by atoms with E-state index in [0.717, 1.165) is 11.1 Å². The Hall–Kier alpha value is -1.83. The number of hydrogen-bond acceptors (Lipinski definition) is 1. The third-order valence-electron chi connectivity index (χ3n) is 2.47. The zero-order valence-electron chi connectivity index (χ0n) is 8.50. The van der Waals surface area contributed by atoms with Crippen molar-refractivity contribution in [2.45, 2.75) is 6.92 Å². The van der Waals surface area contributed by atoms with Gasteiger partial charge in [-0.05, 0) is 41.8 Å². The van der Waals surface area contributed by atoms with Gasteiger partial charge in [-0.25, -0.2) is 4.39 Å². The first-order valence-electron chi connectivity index (χ1n) is 4.79. The molecule has 0 aliphatic rings. The second kappa shape index (κ2) is 3.73. The van der Waals surface area contributed by atoms with Crippen LogP contribution in [0.4, 0.5) is 10.1 Å². The van der Waals surface area contributed by atoms with Crippen LogP contribution in [0.2, 0.25) is 0 Å². The normalized spacial score (nSPS) is 10.3. The molecule has 0 unspecified atom stereocenters. The Morgan fingerprint density at radius 1 is 1.07 bits per heavy atom. The topological polar surface area (TPSA) is 26.0 Å². The highest BCUT2D eigenvalue weighted by Gasteiger charge is 2.05. The van der Waals surface area contributed by atoms with Crippen LogP contribution in [-0.2, 0) is 0 Å². The minimum Gasteiger partial charge on any atom is -0.399 e. The Bertz CT molecular complexity index is 492. The van der Waals surface area contributed by atoms with Crippen molar-refractivity contribution in [2.24, 2.45) is 0 Å². The molecule has 2 aromatic rings. The third kappa shape index (κ3) is 1.84. The maximum Gasteiger partial charge on any atom is 0.126 e. The van der Waals surface area contributed by atoms with Crippen molar-refractivity contribution in [3.8, 4) is 11.1 Å². The highest BCUT2D eigenvalue weighted by molar-refractivity contribution is 5.70. The largest absolute Gasteiger partial charge is 0.399 e. The number of nitrogen functional groups attached to an aromatic ring is 1. The van der Waals surface area contributed by atoms with Crippen molar-refractivity contribution in [3.05, 3.63) is 53.8 Å². The van der Waals surface area contributed by atoms with Crippen molar-refractivity contribution in [1.29, 1.82) is 0 Å². The predicted molar refractivity (Wildman–Crippen MR) is 61.0 cm³/mol. The first-order chi connectivity index (χ1) is 7.18. The third-order valence-corrected chi connectivity index (χ3v) is 2.47. The average Bonchev–Trinajstić information content (AvgIpc) is 2.22. The smallest absolute Gasteiger partial charge is 0.126 e. The van der Waals surface area contributed by atoms with Gasteiger partial charge >= 0.3 is 0 Å². The summed E-state index contributed by atoms with van der Waals surface area (Å²) in [7, 11) is 0. The van der Waals surface area contributed by atoms with Crippen molar-refractivity contribution in [1.82, 2.24) is 0 Å². The van der Waals surface area contributed by atoms with Gasteiger partial charge in [-0.2, -0.15) is 0 Å². The van der Waals surface area contributed by atoms with Gasteiger partial charge in [0.25, 0.3) is 0 Å². The van der Waals surface area contributed by atoms with Crippen LogP contribution < -0.4 is 5.73 Å². The van der Waals surface area contributed by atoms with Gasteiger partial charge in [-0.1, -0.05) is 24.3 Å². The predicted octanol–water partition coefficient (Wildman–Crippen LogP) is 3.38. The molecule has 0 amide bonds. The minimum absolute atomic E-state index is 0.185. The molecular weight excluding hydrogens is 189 g/mol. The Balaban J connectivity index is 2.59. The van der Waals surface area contributed by atoms with Gasteiger partial charge in [0.2, 0.25) is 0 Å². The molecule has 0 saturated heterocycles. The van der Waals surface area contributed by atoms with Crippen molar-refractivity contribution >= 4 is 5.69 Å².